The van der Waals surface area contributed by atoms with Gasteiger partial charge in [0.25, 0.3) is 0 Å². The Bertz CT molecular complexity index is 363. The molecule has 17 heavy (non-hydrogen) atoms. The molecular formula is C14H22N2O. The number of nitrogens with two attached hydrogens (primary N) is 1. The van der Waals surface area contributed by atoms with Crippen LogP contribution in [-0.2, 0) is 0 Å². The maximum atomic E-state index is 10.2. The molecule has 0 aliphatic heterocycles. The van der Waals surface area contributed by atoms with Crippen LogP contribution in [0.4, 0.5) is 5.69 Å². The van der Waals surface area contributed by atoms with Crippen LogP contribution >= 0.6 is 0 Å². The van der Waals surface area contributed by atoms with Crippen LogP contribution in [0.15, 0.2) is 24.3 Å². The molecule has 1 unspecified atom stereocenters. The van der Waals surface area contributed by atoms with Gasteiger partial charge in [0.05, 0.1) is 6.10 Å². The van der Waals surface area contributed by atoms with Crippen molar-refractivity contribution in [2.75, 3.05) is 25.4 Å². The Morgan fingerprint density at radius 3 is 2.82 bits per heavy atom. The van der Waals surface area contributed by atoms with Crippen molar-refractivity contribution in [2.45, 2.75) is 25.9 Å². The minimum Gasteiger partial charge on any atom is -0.399 e. The van der Waals surface area contributed by atoms with E-state index in [0.29, 0.717) is 12.2 Å². The zero-order valence-electron chi connectivity index (χ0n) is 10.5. The molecule has 1 saturated carbocycles. The Morgan fingerprint density at radius 1 is 1.47 bits per heavy atom. The number of hydrogen-bond acceptors (Lipinski definition) is 3. The second-order valence-electron chi connectivity index (χ2n) is 4.98. The minimum absolute atomic E-state index is 0.433. The third-order valence-electron chi connectivity index (χ3n) is 3.39. The first-order chi connectivity index (χ1) is 8.19. The number of anilines is 1. The van der Waals surface area contributed by atoms with Crippen molar-refractivity contribution in [3.63, 3.8) is 0 Å². The fourth-order valence-electron chi connectivity index (χ4n) is 2.11. The highest BCUT2D eigenvalue weighted by atomic mass is 16.3. The second-order valence-corrected chi connectivity index (χ2v) is 4.98. The maximum Gasteiger partial charge on any atom is 0.0917 e. The molecule has 1 aromatic carbocycles. The largest absolute Gasteiger partial charge is 0.399 e. The summed E-state index contributed by atoms with van der Waals surface area (Å²) in [7, 11) is 0. The summed E-state index contributed by atoms with van der Waals surface area (Å²) in [6, 6.07) is 7.53. The van der Waals surface area contributed by atoms with Crippen LogP contribution in [0.1, 0.15) is 31.4 Å². The summed E-state index contributed by atoms with van der Waals surface area (Å²) in [6.07, 6.45) is 2.27. The molecule has 0 radical (unpaired) electrons. The number of hydrogen-bond donors (Lipinski definition) is 2. The van der Waals surface area contributed by atoms with Crippen LogP contribution in [0.25, 0.3) is 0 Å². The fraction of sp³-hybridized carbons (Fsp3) is 0.571. The number of rotatable bonds is 6. The first kappa shape index (κ1) is 12.4. The van der Waals surface area contributed by atoms with E-state index in [4.69, 9.17) is 5.73 Å². The summed E-state index contributed by atoms with van der Waals surface area (Å²) >= 11 is 0. The first-order valence-corrected chi connectivity index (χ1v) is 6.45. The molecule has 0 spiro atoms. The molecule has 2 rings (SSSR count). The van der Waals surface area contributed by atoms with Gasteiger partial charge < -0.3 is 15.7 Å². The number of likely N-dealkylation sites (N-methyl/N-ethyl adjacent to an activating group) is 1. The molecule has 3 nitrogen and oxygen atoms in total. The number of aliphatic hydroxyl groups is 1. The van der Waals surface area contributed by atoms with Crippen LogP contribution in [0.2, 0.25) is 0 Å². The van der Waals surface area contributed by atoms with Gasteiger partial charge in [-0.2, -0.15) is 0 Å². The Morgan fingerprint density at radius 2 is 2.24 bits per heavy atom. The Balaban J connectivity index is 1.91. The van der Waals surface area contributed by atoms with Gasteiger partial charge in [-0.15, -0.1) is 0 Å². The van der Waals surface area contributed by atoms with Gasteiger partial charge in [0.2, 0.25) is 0 Å². The van der Waals surface area contributed by atoms with Gasteiger partial charge in [-0.25, -0.2) is 0 Å². The molecule has 3 N–H and O–H groups in total. The van der Waals surface area contributed by atoms with Gasteiger partial charge in [-0.3, -0.25) is 0 Å². The normalized spacial score (nSPS) is 17.4. The molecule has 0 bridgehead atoms. The maximum absolute atomic E-state index is 10.2. The van der Waals surface area contributed by atoms with Gasteiger partial charge in [0.1, 0.15) is 0 Å². The van der Waals surface area contributed by atoms with Crippen LogP contribution < -0.4 is 5.73 Å². The summed E-state index contributed by atoms with van der Waals surface area (Å²) in [6.45, 7) is 4.97. The van der Waals surface area contributed by atoms with Gasteiger partial charge in [-0.1, -0.05) is 19.1 Å². The lowest BCUT2D eigenvalue weighted by atomic mass is 10.1. The van der Waals surface area contributed by atoms with E-state index in [1.54, 1.807) is 0 Å². The van der Waals surface area contributed by atoms with E-state index < -0.39 is 6.10 Å². The van der Waals surface area contributed by atoms with Crippen LogP contribution in [0.5, 0.6) is 0 Å². The fourth-order valence-corrected chi connectivity index (χ4v) is 2.11. The molecule has 1 aliphatic carbocycles. The molecule has 1 atom stereocenters. The van der Waals surface area contributed by atoms with Crippen LogP contribution in [-0.4, -0.2) is 29.6 Å². The summed E-state index contributed by atoms with van der Waals surface area (Å²) in [5.74, 6) is 0.864. The Hall–Kier alpha value is -1.06. The zero-order valence-corrected chi connectivity index (χ0v) is 10.5. The van der Waals surface area contributed by atoms with Gasteiger partial charge in [-0.05, 0) is 43.0 Å². The lowest BCUT2D eigenvalue weighted by Gasteiger charge is -2.23. The molecule has 1 aromatic rings. The van der Waals surface area contributed by atoms with Gasteiger partial charge in [0.15, 0.2) is 0 Å². The summed E-state index contributed by atoms with van der Waals surface area (Å²) < 4.78 is 0. The molecule has 3 heteroatoms. The lowest BCUT2D eigenvalue weighted by Crippen LogP contribution is -2.30. The average Bonchev–Trinajstić information content (AvgIpc) is 3.12. The highest BCUT2D eigenvalue weighted by Gasteiger charge is 2.24. The molecule has 1 fully saturated rings. The van der Waals surface area contributed by atoms with E-state index in [-0.39, 0.29) is 0 Å². The van der Waals surface area contributed by atoms with E-state index in [9.17, 15) is 5.11 Å². The number of aliphatic hydroxyl groups excluding tert-OH is 1. The third kappa shape index (κ3) is 3.72. The molecule has 1 aliphatic rings. The van der Waals surface area contributed by atoms with Crippen molar-refractivity contribution in [3.05, 3.63) is 29.8 Å². The van der Waals surface area contributed by atoms with Gasteiger partial charge in [0, 0.05) is 18.8 Å². The quantitative estimate of drug-likeness (QED) is 0.740. The molecule has 94 valence electrons. The van der Waals surface area contributed by atoms with E-state index in [1.165, 1.54) is 12.8 Å². The Kier molecular flexibility index (Phi) is 4.02. The van der Waals surface area contributed by atoms with Gasteiger partial charge >= 0.3 is 0 Å². The van der Waals surface area contributed by atoms with E-state index in [0.717, 1.165) is 24.6 Å². The Labute approximate surface area is 103 Å². The predicted molar refractivity (Wildman–Crippen MR) is 70.7 cm³/mol. The minimum atomic E-state index is -0.433. The highest BCUT2D eigenvalue weighted by Crippen LogP contribution is 2.30. The number of nitrogens with zero attached hydrogens (tertiary/aromatic N) is 1. The third-order valence-corrected chi connectivity index (χ3v) is 3.39. The summed E-state index contributed by atoms with van der Waals surface area (Å²) in [5.41, 5.74) is 7.36. The first-order valence-electron chi connectivity index (χ1n) is 6.45. The van der Waals surface area contributed by atoms with Crippen molar-refractivity contribution in [1.29, 1.82) is 0 Å². The van der Waals surface area contributed by atoms with E-state index in [1.807, 2.05) is 24.3 Å². The SMILES string of the molecule is CCN(CC1CC1)CC(O)c1cccc(N)c1. The van der Waals surface area contributed by atoms with Crippen LogP contribution in [0, 0.1) is 5.92 Å². The van der Waals surface area contributed by atoms with Crippen molar-refractivity contribution in [3.8, 4) is 0 Å². The average molecular weight is 234 g/mol. The van der Waals surface area contributed by atoms with E-state index in [2.05, 4.69) is 11.8 Å². The molecular weight excluding hydrogens is 212 g/mol. The highest BCUT2D eigenvalue weighted by molar-refractivity contribution is 5.41. The smallest absolute Gasteiger partial charge is 0.0917 e. The van der Waals surface area contributed by atoms with E-state index >= 15 is 0 Å². The number of benzene rings is 1. The number of nitrogen functional groups attached to an aromatic ring is 1. The predicted octanol–water partition coefficient (Wildman–Crippen LogP) is 2.03. The lowest BCUT2D eigenvalue weighted by molar-refractivity contribution is 0.113. The van der Waals surface area contributed by atoms with Crippen molar-refractivity contribution in [1.82, 2.24) is 4.90 Å². The monoisotopic (exact) mass is 234 g/mol. The standard InChI is InChI=1S/C14H22N2O/c1-2-16(9-11-6-7-11)10-14(17)12-4-3-5-13(15)8-12/h3-5,8,11,14,17H,2,6-7,9-10,15H2,1H3. The second kappa shape index (κ2) is 5.52. The summed E-state index contributed by atoms with van der Waals surface area (Å²) in [5, 5.41) is 10.2. The molecule has 0 saturated heterocycles. The molecule has 0 heterocycles. The van der Waals surface area contributed by atoms with Crippen molar-refractivity contribution in [2.24, 2.45) is 5.92 Å². The van der Waals surface area contributed by atoms with Crippen LogP contribution in [0.3, 0.4) is 0 Å². The van der Waals surface area contributed by atoms with Crippen molar-refractivity contribution < 1.29 is 5.11 Å². The molecule has 0 aromatic heterocycles. The summed E-state index contributed by atoms with van der Waals surface area (Å²) in [4.78, 5) is 2.32. The zero-order chi connectivity index (χ0) is 12.3. The molecule has 0 amide bonds. The topological polar surface area (TPSA) is 49.5 Å². The van der Waals surface area contributed by atoms with Crippen molar-refractivity contribution >= 4 is 5.69 Å².